The minimum absolute atomic E-state index is 0.0819. The van der Waals surface area contributed by atoms with Gasteiger partial charge in [0.1, 0.15) is 6.61 Å². The van der Waals surface area contributed by atoms with Crippen LogP contribution >= 0.6 is 0 Å². The number of anilines is 1. The summed E-state index contributed by atoms with van der Waals surface area (Å²) in [7, 11) is 0. The van der Waals surface area contributed by atoms with Crippen LogP contribution in [-0.2, 0) is 9.53 Å². The minimum Gasteiger partial charge on any atom is -0.394 e. The molecule has 1 heterocycles. The van der Waals surface area contributed by atoms with Crippen molar-refractivity contribution in [2.45, 2.75) is 32.7 Å². The Balaban J connectivity index is 2.51. The Hall–Kier alpha value is -1.39. The first-order chi connectivity index (χ1) is 9.06. The van der Waals surface area contributed by atoms with E-state index >= 15 is 0 Å². The van der Waals surface area contributed by atoms with Crippen LogP contribution in [0.5, 0.6) is 0 Å². The highest BCUT2D eigenvalue weighted by Crippen LogP contribution is 2.33. The standard InChI is InChI=1S/C15H21NO3/c1-10(2)13-6-4-5-11(3)15(13)16-12(7-17)8-19-9-14(16)18/h4-6,10,12,17H,7-9H2,1-3H3. The first-order valence-corrected chi connectivity index (χ1v) is 6.66. The van der Waals surface area contributed by atoms with E-state index in [4.69, 9.17) is 4.74 Å². The minimum atomic E-state index is -0.292. The van der Waals surface area contributed by atoms with Crippen molar-refractivity contribution in [3.05, 3.63) is 29.3 Å². The summed E-state index contributed by atoms with van der Waals surface area (Å²) in [6, 6.07) is 5.76. The van der Waals surface area contributed by atoms with Crippen LogP contribution in [0.2, 0.25) is 0 Å². The van der Waals surface area contributed by atoms with E-state index in [2.05, 4.69) is 13.8 Å². The smallest absolute Gasteiger partial charge is 0.253 e. The second-order valence-corrected chi connectivity index (χ2v) is 5.28. The van der Waals surface area contributed by atoms with E-state index in [0.29, 0.717) is 12.5 Å². The highest BCUT2D eigenvalue weighted by molar-refractivity contribution is 5.97. The molecule has 0 spiro atoms. The lowest BCUT2D eigenvalue weighted by molar-refractivity contribution is -0.128. The second-order valence-electron chi connectivity index (χ2n) is 5.28. The van der Waals surface area contributed by atoms with Gasteiger partial charge in [-0.1, -0.05) is 32.0 Å². The number of hydrogen-bond donors (Lipinski definition) is 1. The summed E-state index contributed by atoms with van der Waals surface area (Å²) in [6.45, 7) is 6.60. The van der Waals surface area contributed by atoms with Crippen LogP contribution in [0, 0.1) is 6.92 Å². The lowest BCUT2D eigenvalue weighted by Gasteiger charge is -2.37. The number of morpholine rings is 1. The van der Waals surface area contributed by atoms with Gasteiger partial charge in [-0.3, -0.25) is 4.79 Å². The lowest BCUT2D eigenvalue weighted by atomic mass is 9.96. The fraction of sp³-hybridized carbons (Fsp3) is 0.533. The van der Waals surface area contributed by atoms with Crippen molar-refractivity contribution in [3.63, 3.8) is 0 Å². The average molecular weight is 263 g/mol. The molecule has 0 radical (unpaired) electrons. The maximum Gasteiger partial charge on any atom is 0.253 e. The van der Waals surface area contributed by atoms with Gasteiger partial charge >= 0.3 is 0 Å². The summed E-state index contributed by atoms with van der Waals surface area (Å²) in [5.41, 5.74) is 3.12. The Morgan fingerprint density at radius 3 is 2.84 bits per heavy atom. The van der Waals surface area contributed by atoms with Crippen molar-refractivity contribution < 1.29 is 14.6 Å². The first kappa shape index (κ1) is 14.0. The summed E-state index contributed by atoms with van der Waals surface area (Å²) in [5, 5.41) is 9.49. The van der Waals surface area contributed by atoms with Gasteiger partial charge in [-0.2, -0.15) is 0 Å². The first-order valence-electron chi connectivity index (χ1n) is 6.66. The van der Waals surface area contributed by atoms with E-state index < -0.39 is 0 Å². The molecule has 0 aromatic heterocycles. The SMILES string of the molecule is Cc1cccc(C(C)C)c1N1C(=O)COCC1CO. The fourth-order valence-electron chi connectivity index (χ4n) is 2.55. The fourth-order valence-corrected chi connectivity index (χ4v) is 2.55. The van der Waals surface area contributed by atoms with Crippen LogP contribution in [0.4, 0.5) is 5.69 Å². The molecule has 19 heavy (non-hydrogen) atoms. The topological polar surface area (TPSA) is 49.8 Å². The number of carbonyl (C=O) groups is 1. The van der Waals surface area contributed by atoms with E-state index in [9.17, 15) is 9.90 Å². The highest BCUT2D eigenvalue weighted by atomic mass is 16.5. The van der Waals surface area contributed by atoms with E-state index in [1.165, 1.54) is 0 Å². The number of rotatable bonds is 3. The van der Waals surface area contributed by atoms with Gasteiger partial charge in [0, 0.05) is 0 Å². The molecule has 1 amide bonds. The molecule has 2 rings (SSSR count). The molecule has 1 aliphatic heterocycles. The monoisotopic (exact) mass is 263 g/mol. The third-order valence-corrected chi connectivity index (χ3v) is 3.51. The third kappa shape index (κ3) is 2.65. The number of aliphatic hydroxyl groups excluding tert-OH is 1. The van der Waals surface area contributed by atoms with Gasteiger partial charge in [-0.15, -0.1) is 0 Å². The Kier molecular flexibility index (Phi) is 4.22. The van der Waals surface area contributed by atoms with Gasteiger partial charge < -0.3 is 14.7 Å². The molecule has 0 bridgehead atoms. The van der Waals surface area contributed by atoms with Gasteiger partial charge in [0.25, 0.3) is 5.91 Å². The highest BCUT2D eigenvalue weighted by Gasteiger charge is 2.32. The summed E-state index contributed by atoms with van der Waals surface area (Å²) >= 11 is 0. The van der Waals surface area contributed by atoms with Crippen LogP contribution < -0.4 is 4.90 Å². The number of ether oxygens (including phenoxy) is 1. The van der Waals surface area contributed by atoms with E-state index in [-0.39, 0.29) is 25.2 Å². The van der Waals surface area contributed by atoms with Gasteiger partial charge in [-0.05, 0) is 24.0 Å². The predicted octanol–water partition coefficient (Wildman–Crippen LogP) is 1.84. The molecular formula is C15H21NO3. The normalized spacial score (nSPS) is 20.2. The van der Waals surface area contributed by atoms with Crippen molar-refractivity contribution in [2.75, 3.05) is 24.7 Å². The number of hydrogen-bond acceptors (Lipinski definition) is 3. The van der Waals surface area contributed by atoms with Crippen LogP contribution in [0.3, 0.4) is 0 Å². The molecule has 1 unspecified atom stereocenters. The van der Waals surface area contributed by atoms with Crippen molar-refractivity contribution in [3.8, 4) is 0 Å². The molecule has 4 nitrogen and oxygen atoms in total. The number of benzene rings is 1. The van der Waals surface area contributed by atoms with Crippen LogP contribution in [0.15, 0.2) is 18.2 Å². The van der Waals surface area contributed by atoms with Crippen molar-refractivity contribution in [2.24, 2.45) is 0 Å². The quantitative estimate of drug-likeness (QED) is 0.905. The summed E-state index contributed by atoms with van der Waals surface area (Å²) < 4.78 is 5.23. The number of aliphatic hydroxyl groups is 1. The van der Waals surface area contributed by atoms with Crippen molar-refractivity contribution >= 4 is 11.6 Å². The number of nitrogens with zero attached hydrogens (tertiary/aromatic N) is 1. The Morgan fingerprint density at radius 1 is 1.47 bits per heavy atom. The number of carbonyl (C=O) groups excluding carboxylic acids is 1. The molecule has 1 fully saturated rings. The number of para-hydroxylation sites is 1. The molecular weight excluding hydrogens is 242 g/mol. The summed E-state index contributed by atoms with van der Waals surface area (Å²) in [5.74, 6) is 0.242. The molecule has 104 valence electrons. The molecule has 1 saturated heterocycles. The molecule has 0 aliphatic carbocycles. The van der Waals surface area contributed by atoms with Gasteiger partial charge in [0.15, 0.2) is 0 Å². The van der Waals surface area contributed by atoms with E-state index in [1.807, 2.05) is 25.1 Å². The van der Waals surface area contributed by atoms with Gasteiger partial charge in [0.05, 0.1) is 24.9 Å². The number of amides is 1. The molecule has 1 aromatic carbocycles. The molecule has 4 heteroatoms. The number of aryl methyl sites for hydroxylation is 1. The van der Waals surface area contributed by atoms with Crippen molar-refractivity contribution in [1.29, 1.82) is 0 Å². The zero-order chi connectivity index (χ0) is 14.0. The largest absolute Gasteiger partial charge is 0.394 e. The Bertz CT molecular complexity index is 470. The lowest BCUT2D eigenvalue weighted by Crippen LogP contribution is -2.52. The molecule has 1 aromatic rings. The average Bonchev–Trinajstić information content (AvgIpc) is 2.38. The molecule has 0 saturated carbocycles. The van der Waals surface area contributed by atoms with Crippen LogP contribution in [0.25, 0.3) is 0 Å². The zero-order valence-electron chi connectivity index (χ0n) is 11.7. The second kappa shape index (κ2) is 5.72. The molecule has 1 aliphatic rings. The van der Waals surface area contributed by atoms with Crippen LogP contribution in [0.1, 0.15) is 30.9 Å². The third-order valence-electron chi connectivity index (χ3n) is 3.51. The zero-order valence-corrected chi connectivity index (χ0v) is 11.7. The van der Waals surface area contributed by atoms with E-state index in [1.54, 1.807) is 4.90 Å². The predicted molar refractivity (Wildman–Crippen MR) is 74.4 cm³/mol. The Labute approximate surface area is 114 Å². The summed E-state index contributed by atoms with van der Waals surface area (Å²) in [4.78, 5) is 13.9. The van der Waals surface area contributed by atoms with Gasteiger partial charge in [-0.25, -0.2) is 0 Å². The van der Waals surface area contributed by atoms with Crippen LogP contribution in [-0.4, -0.2) is 36.9 Å². The molecule has 1 N–H and O–H groups in total. The van der Waals surface area contributed by atoms with Crippen molar-refractivity contribution in [1.82, 2.24) is 0 Å². The van der Waals surface area contributed by atoms with E-state index in [0.717, 1.165) is 16.8 Å². The maximum absolute atomic E-state index is 12.2. The molecule has 1 atom stereocenters. The maximum atomic E-state index is 12.2. The Morgan fingerprint density at radius 2 is 2.21 bits per heavy atom. The summed E-state index contributed by atoms with van der Waals surface area (Å²) in [6.07, 6.45) is 0. The van der Waals surface area contributed by atoms with Gasteiger partial charge in [0.2, 0.25) is 0 Å².